The van der Waals surface area contributed by atoms with Gasteiger partial charge in [0.05, 0.1) is 5.56 Å². The van der Waals surface area contributed by atoms with Crippen molar-refractivity contribution in [3.63, 3.8) is 0 Å². The molecular weight excluding hydrogens is 292 g/mol. The van der Waals surface area contributed by atoms with Gasteiger partial charge in [-0.2, -0.15) is 0 Å². The van der Waals surface area contributed by atoms with Crippen molar-refractivity contribution in [2.24, 2.45) is 0 Å². The molecule has 4 heteroatoms. The van der Waals surface area contributed by atoms with Crippen LogP contribution in [-0.4, -0.2) is 28.7 Å². The first kappa shape index (κ1) is 17.3. The Morgan fingerprint density at radius 3 is 2.83 bits per heavy atom. The minimum atomic E-state index is -0.678. The molecule has 0 fully saturated rings. The molecule has 2 rings (SSSR count). The smallest absolute Gasteiger partial charge is 0.154 e. The number of hydrogen-bond donors (Lipinski definition) is 2. The molecule has 1 aromatic carbocycles. The zero-order chi connectivity index (χ0) is 17.0. The molecular formula is C19H24O4. The summed E-state index contributed by atoms with van der Waals surface area (Å²) >= 11 is 0. The molecule has 0 aromatic heterocycles. The van der Waals surface area contributed by atoms with Crippen LogP contribution in [-0.2, 0) is 12.8 Å². The Bertz CT molecular complexity index is 639. The Labute approximate surface area is 137 Å². The number of aldehydes is 1. The predicted molar refractivity (Wildman–Crippen MR) is 90.2 cm³/mol. The number of aromatic hydroxyl groups is 1. The van der Waals surface area contributed by atoms with E-state index in [-0.39, 0.29) is 11.9 Å². The largest absolute Gasteiger partial charge is 0.507 e. The van der Waals surface area contributed by atoms with E-state index < -0.39 is 6.10 Å². The molecule has 2 N–H and O–H groups in total. The van der Waals surface area contributed by atoms with E-state index in [1.807, 2.05) is 26.8 Å². The van der Waals surface area contributed by atoms with Gasteiger partial charge in [-0.1, -0.05) is 23.8 Å². The molecule has 0 saturated heterocycles. The molecule has 124 valence electrons. The molecule has 0 bridgehead atoms. The first-order valence-corrected chi connectivity index (χ1v) is 7.91. The Hall–Kier alpha value is -2.07. The Morgan fingerprint density at radius 1 is 1.48 bits per heavy atom. The minimum absolute atomic E-state index is 0.0345. The summed E-state index contributed by atoms with van der Waals surface area (Å²) in [5, 5.41) is 20.4. The fourth-order valence-electron chi connectivity index (χ4n) is 2.79. The monoisotopic (exact) mass is 316 g/mol. The fraction of sp³-hybridized carbons (Fsp3) is 0.421. The molecule has 0 aliphatic carbocycles. The highest BCUT2D eigenvalue weighted by Crippen LogP contribution is 2.38. The Kier molecular flexibility index (Phi) is 5.61. The molecule has 0 amide bonds. The quantitative estimate of drug-likeness (QED) is 0.646. The average molecular weight is 316 g/mol. The van der Waals surface area contributed by atoms with Gasteiger partial charge in [0.2, 0.25) is 0 Å². The van der Waals surface area contributed by atoms with E-state index in [2.05, 4.69) is 0 Å². The first-order valence-electron chi connectivity index (χ1n) is 7.91. The highest BCUT2D eigenvalue weighted by atomic mass is 16.5. The van der Waals surface area contributed by atoms with Crippen LogP contribution in [0.3, 0.4) is 0 Å². The number of allylic oxidation sites excluding steroid dienone is 3. The lowest BCUT2D eigenvalue weighted by Crippen LogP contribution is -2.34. The summed E-state index contributed by atoms with van der Waals surface area (Å²) in [5.74, 6) is 0.620. The number of rotatable bonds is 5. The van der Waals surface area contributed by atoms with E-state index in [4.69, 9.17) is 4.74 Å². The van der Waals surface area contributed by atoms with Gasteiger partial charge in [0.15, 0.2) is 6.29 Å². The second-order valence-electron chi connectivity index (χ2n) is 6.09. The Balaban J connectivity index is 2.39. The molecule has 0 radical (unpaired) electrons. The highest BCUT2D eigenvalue weighted by Gasteiger charge is 2.28. The summed E-state index contributed by atoms with van der Waals surface area (Å²) in [5.41, 5.74) is 2.83. The zero-order valence-corrected chi connectivity index (χ0v) is 13.9. The van der Waals surface area contributed by atoms with Gasteiger partial charge >= 0.3 is 0 Å². The number of benzene rings is 1. The molecule has 1 heterocycles. The third-order valence-corrected chi connectivity index (χ3v) is 4.06. The van der Waals surface area contributed by atoms with Gasteiger partial charge < -0.3 is 14.9 Å². The third kappa shape index (κ3) is 3.82. The van der Waals surface area contributed by atoms with Gasteiger partial charge in [-0.05, 0) is 46.1 Å². The summed E-state index contributed by atoms with van der Waals surface area (Å²) in [6, 6.07) is 1.78. The van der Waals surface area contributed by atoms with Crippen molar-refractivity contribution in [3.8, 4) is 11.5 Å². The normalized spacial score (nSPS) is 18.2. The number of phenolic OH excluding ortho intramolecular Hbond substituents is 1. The van der Waals surface area contributed by atoms with Gasteiger partial charge in [-0.25, -0.2) is 0 Å². The lowest BCUT2D eigenvalue weighted by Gasteiger charge is -2.30. The van der Waals surface area contributed by atoms with Crippen LogP contribution in [0.1, 0.15) is 48.7 Å². The van der Waals surface area contributed by atoms with Crippen LogP contribution in [0.5, 0.6) is 11.5 Å². The maximum absolute atomic E-state index is 11.4. The maximum Gasteiger partial charge on any atom is 0.154 e. The summed E-state index contributed by atoms with van der Waals surface area (Å²) in [4.78, 5) is 11.4. The number of carbonyl (C=O) groups excluding carboxylic acids is 1. The summed E-state index contributed by atoms with van der Waals surface area (Å²) < 4.78 is 5.90. The van der Waals surface area contributed by atoms with Crippen LogP contribution >= 0.6 is 0 Å². The molecule has 2 atom stereocenters. The molecule has 0 unspecified atom stereocenters. The predicted octanol–water partition coefficient (Wildman–Crippen LogP) is 3.34. The second-order valence-corrected chi connectivity index (χ2v) is 6.09. The van der Waals surface area contributed by atoms with Crippen molar-refractivity contribution in [1.82, 2.24) is 0 Å². The maximum atomic E-state index is 11.4. The van der Waals surface area contributed by atoms with Gasteiger partial charge in [0.25, 0.3) is 0 Å². The van der Waals surface area contributed by atoms with E-state index in [0.29, 0.717) is 42.4 Å². The molecule has 4 nitrogen and oxygen atoms in total. The second kappa shape index (κ2) is 7.47. The van der Waals surface area contributed by atoms with Crippen LogP contribution in [0.25, 0.3) is 0 Å². The lowest BCUT2D eigenvalue weighted by molar-refractivity contribution is 0.0524. The molecule has 23 heavy (non-hydrogen) atoms. The fourth-order valence-corrected chi connectivity index (χ4v) is 2.79. The molecule has 1 aromatic rings. The summed E-state index contributed by atoms with van der Waals surface area (Å²) in [6.07, 6.45) is 6.89. The van der Waals surface area contributed by atoms with Crippen LogP contribution < -0.4 is 4.74 Å². The van der Waals surface area contributed by atoms with Gasteiger partial charge in [-0.15, -0.1) is 0 Å². The number of aliphatic hydroxyl groups is 1. The average Bonchev–Trinajstić information content (AvgIpc) is 2.52. The van der Waals surface area contributed by atoms with E-state index >= 15 is 0 Å². The lowest BCUT2D eigenvalue weighted by atomic mass is 9.92. The molecule has 0 saturated carbocycles. The number of carbonyl (C=O) groups is 1. The van der Waals surface area contributed by atoms with Crippen molar-refractivity contribution in [3.05, 3.63) is 46.6 Å². The number of fused-ring (bicyclic) bond motifs is 1. The van der Waals surface area contributed by atoms with E-state index in [0.717, 1.165) is 11.1 Å². The first-order chi connectivity index (χ1) is 11.0. The van der Waals surface area contributed by atoms with E-state index in [1.165, 1.54) is 0 Å². The summed E-state index contributed by atoms with van der Waals surface area (Å²) in [6.45, 7) is 5.81. The van der Waals surface area contributed by atoms with Crippen molar-refractivity contribution < 1.29 is 19.7 Å². The topological polar surface area (TPSA) is 66.8 Å². The van der Waals surface area contributed by atoms with Crippen LogP contribution in [0.15, 0.2) is 29.9 Å². The van der Waals surface area contributed by atoms with Crippen molar-refractivity contribution in [2.45, 2.75) is 52.2 Å². The van der Waals surface area contributed by atoms with Gasteiger partial charge in [0.1, 0.15) is 23.7 Å². The number of phenols is 1. The molecule has 1 aliphatic rings. The van der Waals surface area contributed by atoms with Crippen molar-refractivity contribution in [2.75, 3.05) is 0 Å². The van der Waals surface area contributed by atoms with Crippen LogP contribution in [0.2, 0.25) is 0 Å². The number of hydrogen-bond acceptors (Lipinski definition) is 4. The van der Waals surface area contributed by atoms with E-state index in [9.17, 15) is 15.0 Å². The third-order valence-electron chi connectivity index (χ3n) is 4.06. The van der Waals surface area contributed by atoms with Gasteiger partial charge in [0, 0.05) is 11.1 Å². The van der Waals surface area contributed by atoms with Gasteiger partial charge in [-0.3, -0.25) is 4.79 Å². The standard InChI is InChI=1S/C19H24O4/c1-4-5-16(21)17-9-8-14-15(11-20)19(22)13(7-6-12(2)3)10-18(14)23-17/h4-6,10-11,16-17,21-22H,7-9H2,1-3H3/b5-4+/t16-,17+/m0/s1. The van der Waals surface area contributed by atoms with Crippen molar-refractivity contribution >= 4 is 6.29 Å². The van der Waals surface area contributed by atoms with Crippen LogP contribution in [0, 0.1) is 0 Å². The zero-order valence-electron chi connectivity index (χ0n) is 13.9. The van der Waals surface area contributed by atoms with Crippen molar-refractivity contribution in [1.29, 1.82) is 0 Å². The van der Waals surface area contributed by atoms with E-state index in [1.54, 1.807) is 18.2 Å². The van der Waals surface area contributed by atoms with Crippen LogP contribution in [0.4, 0.5) is 0 Å². The molecule has 0 spiro atoms. The minimum Gasteiger partial charge on any atom is -0.507 e. The SMILES string of the molecule is C/C=C/[C@H](O)[C@H]1CCc2c(cc(CC=C(C)C)c(O)c2C=O)O1. The Morgan fingerprint density at radius 2 is 2.22 bits per heavy atom. The number of ether oxygens (including phenoxy) is 1. The molecule has 1 aliphatic heterocycles. The highest BCUT2D eigenvalue weighted by molar-refractivity contribution is 5.84. The summed E-state index contributed by atoms with van der Waals surface area (Å²) in [7, 11) is 0. The number of aliphatic hydroxyl groups excluding tert-OH is 1.